The van der Waals surface area contributed by atoms with E-state index in [1.54, 1.807) is 18.2 Å². The highest BCUT2D eigenvalue weighted by Crippen LogP contribution is 2.29. The van der Waals surface area contributed by atoms with E-state index in [-0.39, 0.29) is 17.9 Å². The zero-order valence-electron chi connectivity index (χ0n) is 11.7. The molecule has 1 saturated carbocycles. The normalized spacial score (nSPS) is 22.4. The van der Waals surface area contributed by atoms with Crippen molar-refractivity contribution in [2.45, 2.75) is 38.6 Å². The second-order valence-corrected chi connectivity index (χ2v) is 5.53. The molecule has 5 heteroatoms. The lowest BCUT2D eigenvalue weighted by Crippen LogP contribution is -2.40. The predicted octanol–water partition coefficient (Wildman–Crippen LogP) is 3.19. The van der Waals surface area contributed by atoms with E-state index in [4.69, 9.17) is 22.1 Å². The first-order valence-corrected chi connectivity index (χ1v) is 7.48. The predicted molar refractivity (Wildman–Crippen MR) is 81.2 cm³/mol. The van der Waals surface area contributed by atoms with Gasteiger partial charge in [-0.05, 0) is 38.0 Å². The van der Waals surface area contributed by atoms with Gasteiger partial charge in [-0.25, -0.2) is 0 Å². The third kappa shape index (κ3) is 3.64. The summed E-state index contributed by atoms with van der Waals surface area (Å²) in [5, 5.41) is 3.39. The Morgan fingerprint density at radius 3 is 2.85 bits per heavy atom. The van der Waals surface area contributed by atoms with Crippen LogP contribution in [0.15, 0.2) is 18.2 Å². The van der Waals surface area contributed by atoms with Gasteiger partial charge in [-0.1, -0.05) is 24.4 Å². The van der Waals surface area contributed by atoms with Crippen LogP contribution in [0.2, 0.25) is 5.02 Å². The van der Waals surface area contributed by atoms with E-state index in [1.165, 1.54) is 0 Å². The Balaban J connectivity index is 2.02. The van der Waals surface area contributed by atoms with Crippen molar-refractivity contribution >= 4 is 23.2 Å². The molecule has 0 bridgehead atoms. The second-order valence-electron chi connectivity index (χ2n) is 5.12. The Kier molecular flexibility index (Phi) is 5.26. The number of amides is 1. The van der Waals surface area contributed by atoms with E-state index >= 15 is 0 Å². The van der Waals surface area contributed by atoms with Gasteiger partial charge in [0.25, 0.3) is 0 Å². The highest BCUT2D eigenvalue weighted by Gasteiger charge is 2.28. The summed E-state index contributed by atoms with van der Waals surface area (Å²) >= 11 is 6.11. The van der Waals surface area contributed by atoms with Gasteiger partial charge < -0.3 is 15.8 Å². The number of hydrogen-bond donors (Lipinski definition) is 2. The number of benzene rings is 1. The largest absolute Gasteiger partial charge is 0.492 e. The molecule has 1 aromatic rings. The SMILES string of the molecule is CCOc1ccc(NC(=O)C2CCCCC2N)cc1Cl. The van der Waals surface area contributed by atoms with Crippen molar-refractivity contribution in [2.24, 2.45) is 11.7 Å². The molecule has 4 nitrogen and oxygen atoms in total. The number of ether oxygens (including phenoxy) is 1. The van der Waals surface area contributed by atoms with E-state index in [0.29, 0.717) is 23.1 Å². The van der Waals surface area contributed by atoms with Crippen LogP contribution >= 0.6 is 11.6 Å². The maximum atomic E-state index is 12.2. The zero-order chi connectivity index (χ0) is 14.5. The van der Waals surface area contributed by atoms with Crippen molar-refractivity contribution in [3.63, 3.8) is 0 Å². The van der Waals surface area contributed by atoms with Crippen LogP contribution in [-0.2, 0) is 4.79 Å². The minimum atomic E-state index is -0.103. The molecule has 0 radical (unpaired) electrons. The third-order valence-corrected chi connectivity index (χ3v) is 3.95. The number of nitrogens with one attached hydrogen (secondary N) is 1. The molecule has 0 heterocycles. The van der Waals surface area contributed by atoms with Gasteiger partial charge in [-0.3, -0.25) is 4.79 Å². The van der Waals surface area contributed by atoms with Crippen molar-refractivity contribution in [2.75, 3.05) is 11.9 Å². The van der Waals surface area contributed by atoms with Crippen LogP contribution in [0.5, 0.6) is 5.75 Å². The Bertz CT molecular complexity index is 479. The molecule has 0 saturated heterocycles. The highest BCUT2D eigenvalue weighted by atomic mass is 35.5. The molecular formula is C15H21ClN2O2. The molecule has 3 N–H and O–H groups in total. The number of anilines is 1. The van der Waals surface area contributed by atoms with Crippen LogP contribution in [0.1, 0.15) is 32.6 Å². The smallest absolute Gasteiger partial charge is 0.229 e. The Hall–Kier alpha value is -1.26. The lowest BCUT2D eigenvalue weighted by Gasteiger charge is -2.27. The van der Waals surface area contributed by atoms with Gasteiger partial charge in [-0.2, -0.15) is 0 Å². The van der Waals surface area contributed by atoms with E-state index in [1.807, 2.05) is 6.92 Å². The van der Waals surface area contributed by atoms with E-state index in [9.17, 15) is 4.79 Å². The van der Waals surface area contributed by atoms with Crippen LogP contribution in [0.25, 0.3) is 0 Å². The molecule has 1 aliphatic carbocycles. The van der Waals surface area contributed by atoms with Gasteiger partial charge in [0.2, 0.25) is 5.91 Å². The molecule has 2 rings (SSSR count). The first-order valence-electron chi connectivity index (χ1n) is 7.10. The van der Waals surface area contributed by atoms with E-state index in [0.717, 1.165) is 25.7 Å². The minimum Gasteiger partial charge on any atom is -0.492 e. The zero-order valence-corrected chi connectivity index (χ0v) is 12.5. The Morgan fingerprint density at radius 1 is 1.45 bits per heavy atom. The van der Waals surface area contributed by atoms with Crippen molar-refractivity contribution in [3.8, 4) is 5.75 Å². The summed E-state index contributed by atoms with van der Waals surface area (Å²) < 4.78 is 5.37. The Morgan fingerprint density at radius 2 is 2.20 bits per heavy atom. The number of carbonyl (C=O) groups excluding carboxylic acids is 1. The maximum Gasteiger partial charge on any atom is 0.229 e. The first-order chi connectivity index (χ1) is 9.61. The molecule has 1 aliphatic rings. The first kappa shape index (κ1) is 15.1. The fourth-order valence-electron chi connectivity index (χ4n) is 2.57. The molecule has 110 valence electrons. The molecular weight excluding hydrogens is 276 g/mol. The lowest BCUT2D eigenvalue weighted by atomic mass is 9.84. The van der Waals surface area contributed by atoms with Crippen LogP contribution < -0.4 is 15.8 Å². The van der Waals surface area contributed by atoms with Gasteiger partial charge in [0.15, 0.2) is 0 Å². The molecule has 0 aromatic heterocycles. The summed E-state index contributed by atoms with van der Waals surface area (Å²) in [6.07, 6.45) is 3.95. The van der Waals surface area contributed by atoms with Crippen LogP contribution in [0, 0.1) is 5.92 Å². The van der Waals surface area contributed by atoms with Crippen molar-refractivity contribution < 1.29 is 9.53 Å². The number of halogens is 1. The second kappa shape index (κ2) is 6.95. The standard InChI is InChI=1S/C15H21ClN2O2/c1-2-20-14-8-7-10(9-12(14)16)18-15(19)11-5-3-4-6-13(11)17/h7-9,11,13H,2-6,17H2,1H3,(H,18,19). The maximum absolute atomic E-state index is 12.2. The quantitative estimate of drug-likeness (QED) is 0.897. The van der Waals surface area contributed by atoms with Gasteiger partial charge in [0.1, 0.15) is 5.75 Å². The van der Waals surface area contributed by atoms with Gasteiger partial charge in [-0.15, -0.1) is 0 Å². The Labute approximate surface area is 124 Å². The summed E-state index contributed by atoms with van der Waals surface area (Å²) in [7, 11) is 0. The van der Waals surface area contributed by atoms with Crippen molar-refractivity contribution in [1.82, 2.24) is 0 Å². The molecule has 1 aromatic carbocycles. The topological polar surface area (TPSA) is 64.3 Å². The number of nitrogens with two attached hydrogens (primary N) is 1. The summed E-state index contributed by atoms with van der Waals surface area (Å²) in [5.74, 6) is 0.507. The monoisotopic (exact) mass is 296 g/mol. The fraction of sp³-hybridized carbons (Fsp3) is 0.533. The van der Waals surface area contributed by atoms with Crippen LogP contribution in [0.3, 0.4) is 0 Å². The highest BCUT2D eigenvalue weighted by molar-refractivity contribution is 6.32. The molecule has 2 unspecified atom stereocenters. The number of hydrogen-bond acceptors (Lipinski definition) is 3. The molecule has 2 atom stereocenters. The van der Waals surface area contributed by atoms with E-state index < -0.39 is 0 Å². The molecule has 20 heavy (non-hydrogen) atoms. The third-order valence-electron chi connectivity index (χ3n) is 3.66. The number of rotatable bonds is 4. The van der Waals surface area contributed by atoms with Crippen molar-refractivity contribution in [3.05, 3.63) is 23.2 Å². The summed E-state index contributed by atoms with van der Waals surface area (Å²) in [6.45, 7) is 2.46. The molecule has 0 spiro atoms. The molecule has 0 aliphatic heterocycles. The summed E-state index contributed by atoms with van der Waals surface area (Å²) in [4.78, 5) is 12.2. The lowest BCUT2D eigenvalue weighted by molar-refractivity contribution is -0.121. The number of carbonyl (C=O) groups is 1. The van der Waals surface area contributed by atoms with Gasteiger partial charge in [0.05, 0.1) is 17.5 Å². The van der Waals surface area contributed by atoms with Crippen LogP contribution in [0.4, 0.5) is 5.69 Å². The summed E-state index contributed by atoms with van der Waals surface area (Å²) in [6, 6.07) is 5.23. The van der Waals surface area contributed by atoms with Gasteiger partial charge >= 0.3 is 0 Å². The van der Waals surface area contributed by atoms with Crippen LogP contribution in [-0.4, -0.2) is 18.6 Å². The average Bonchev–Trinajstić information content (AvgIpc) is 2.42. The van der Waals surface area contributed by atoms with Crippen molar-refractivity contribution in [1.29, 1.82) is 0 Å². The summed E-state index contributed by atoms with van der Waals surface area (Å²) in [5.41, 5.74) is 6.70. The minimum absolute atomic E-state index is 0.0163. The van der Waals surface area contributed by atoms with E-state index in [2.05, 4.69) is 5.32 Å². The molecule has 1 fully saturated rings. The van der Waals surface area contributed by atoms with Gasteiger partial charge in [0, 0.05) is 11.7 Å². The fourth-order valence-corrected chi connectivity index (χ4v) is 2.81. The average molecular weight is 297 g/mol. The molecule has 1 amide bonds.